The number of hydrogen-bond donors (Lipinski definition) is 0. The third-order valence-electron chi connectivity index (χ3n) is 3.25. The molecule has 0 unspecified atom stereocenters. The van der Waals surface area contributed by atoms with Gasteiger partial charge in [-0.3, -0.25) is 10.1 Å². The van der Waals surface area contributed by atoms with Gasteiger partial charge in [0.2, 0.25) is 0 Å². The topological polar surface area (TPSA) is 70.2 Å². The van der Waals surface area contributed by atoms with E-state index in [0.717, 1.165) is 15.7 Å². The summed E-state index contributed by atoms with van der Waals surface area (Å²) >= 11 is 3.50. The number of rotatable bonds is 4. The highest BCUT2D eigenvalue weighted by atomic mass is 79.9. The second-order valence-electron chi connectivity index (χ2n) is 5.08. The Labute approximate surface area is 142 Å². The fraction of sp³-hybridized carbons (Fsp3) is 0.118. The lowest BCUT2D eigenvalue weighted by atomic mass is 10.0. The summed E-state index contributed by atoms with van der Waals surface area (Å²) in [5.41, 5.74) is 2.72. The number of allylic oxidation sites excluding steroid dienone is 1. The predicted octanol–water partition coefficient (Wildman–Crippen LogP) is 4.49. The molecule has 0 aliphatic heterocycles. The summed E-state index contributed by atoms with van der Waals surface area (Å²) in [4.78, 5) is 12.4. The molecule has 0 aliphatic carbocycles. The molecule has 116 valence electrons. The van der Waals surface area contributed by atoms with E-state index in [4.69, 9.17) is 0 Å². The molecule has 0 saturated heterocycles. The first-order chi connectivity index (χ1) is 10.9. The van der Waals surface area contributed by atoms with Gasteiger partial charge < -0.3 is 4.90 Å². The van der Waals surface area contributed by atoms with E-state index in [1.165, 1.54) is 12.1 Å². The number of non-ortho nitro benzene ring substituents is 1. The Morgan fingerprint density at radius 3 is 2.61 bits per heavy atom. The Hall–Kier alpha value is -2.65. The molecule has 23 heavy (non-hydrogen) atoms. The summed E-state index contributed by atoms with van der Waals surface area (Å²) in [6, 6.07) is 13.9. The zero-order valence-corrected chi connectivity index (χ0v) is 14.2. The molecule has 2 aromatic carbocycles. The lowest BCUT2D eigenvalue weighted by molar-refractivity contribution is -0.384. The number of benzene rings is 2. The number of nitro groups is 1. The molecule has 2 rings (SSSR count). The van der Waals surface area contributed by atoms with Crippen LogP contribution in [0.4, 0.5) is 11.4 Å². The van der Waals surface area contributed by atoms with Crippen molar-refractivity contribution >= 4 is 39.0 Å². The molecular formula is C17H14BrN3O2. The third-order valence-corrected chi connectivity index (χ3v) is 3.89. The fourth-order valence-corrected chi connectivity index (χ4v) is 2.86. The quantitative estimate of drug-likeness (QED) is 0.343. The van der Waals surface area contributed by atoms with Crippen molar-refractivity contribution in [1.82, 2.24) is 0 Å². The average Bonchev–Trinajstić information content (AvgIpc) is 2.52. The maximum absolute atomic E-state index is 10.9. The molecule has 0 saturated carbocycles. The van der Waals surface area contributed by atoms with Crippen LogP contribution in [0.2, 0.25) is 0 Å². The first-order valence-corrected chi connectivity index (χ1v) is 7.55. The van der Waals surface area contributed by atoms with Crippen molar-refractivity contribution in [3.8, 4) is 6.07 Å². The van der Waals surface area contributed by atoms with E-state index in [9.17, 15) is 15.4 Å². The lowest BCUT2D eigenvalue weighted by Crippen LogP contribution is -2.09. The molecule has 0 radical (unpaired) electrons. The smallest absolute Gasteiger partial charge is 0.270 e. The first kappa shape index (κ1) is 16.7. The van der Waals surface area contributed by atoms with E-state index in [2.05, 4.69) is 22.0 Å². The van der Waals surface area contributed by atoms with Crippen LogP contribution in [-0.2, 0) is 0 Å². The van der Waals surface area contributed by atoms with Crippen LogP contribution in [0.1, 0.15) is 11.1 Å². The molecule has 0 fully saturated rings. The molecule has 6 heteroatoms. The number of halogens is 1. The van der Waals surface area contributed by atoms with E-state index in [0.29, 0.717) is 11.1 Å². The Balaban J connectivity index is 2.44. The summed E-state index contributed by atoms with van der Waals surface area (Å²) < 4.78 is 0.910. The van der Waals surface area contributed by atoms with Gasteiger partial charge in [-0.1, -0.05) is 18.2 Å². The molecule has 5 nitrogen and oxygen atoms in total. The lowest BCUT2D eigenvalue weighted by Gasteiger charge is -2.14. The zero-order chi connectivity index (χ0) is 17.0. The van der Waals surface area contributed by atoms with Gasteiger partial charge in [-0.15, -0.1) is 0 Å². The Morgan fingerprint density at radius 2 is 2.04 bits per heavy atom. The van der Waals surface area contributed by atoms with Gasteiger partial charge in [0.05, 0.1) is 22.3 Å². The minimum absolute atomic E-state index is 0.0345. The maximum atomic E-state index is 10.9. The number of nitriles is 1. The van der Waals surface area contributed by atoms with Gasteiger partial charge in [0.1, 0.15) is 0 Å². The molecule has 0 amide bonds. The summed E-state index contributed by atoms with van der Waals surface area (Å²) in [5.74, 6) is 0. The van der Waals surface area contributed by atoms with Gasteiger partial charge >= 0.3 is 0 Å². The van der Waals surface area contributed by atoms with E-state index in [1.807, 2.05) is 37.2 Å². The predicted molar refractivity (Wildman–Crippen MR) is 95.0 cm³/mol. The van der Waals surface area contributed by atoms with E-state index in [-0.39, 0.29) is 5.69 Å². The van der Waals surface area contributed by atoms with Crippen LogP contribution < -0.4 is 4.90 Å². The highest BCUT2D eigenvalue weighted by Crippen LogP contribution is 2.28. The van der Waals surface area contributed by atoms with Crippen molar-refractivity contribution in [3.63, 3.8) is 0 Å². The van der Waals surface area contributed by atoms with Gasteiger partial charge in [0, 0.05) is 30.7 Å². The molecular weight excluding hydrogens is 358 g/mol. The standard InChI is InChI=1S/C17H14BrN3O2/c1-20(2)17-7-6-12(9-16(17)18)8-14(11-19)13-4-3-5-15(10-13)21(22)23/h3-10H,1-2H3. The number of nitrogens with zero attached hydrogens (tertiary/aromatic N) is 3. The molecule has 0 aromatic heterocycles. The summed E-state index contributed by atoms with van der Waals surface area (Å²) in [6.45, 7) is 0. The summed E-state index contributed by atoms with van der Waals surface area (Å²) in [7, 11) is 3.89. The average molecular weight is 372 g/mol. The minimum atomic E-state index is -0.471. The van der Waals surface area contributed by atoms with Crippen LogP contribution in [0, 0.1) is 21.4 Å². The van der Waals surface area contributed by atoms with Crippen molar-refractivity contribution in [3.05, 3.63) is 68.2 Å². The van der Waals surface area contributed by atoms with Gasteiger partial charge in [-0.2, -0.15) is 5.26 Å². The highest BCUT2D eigenvalue weighted by Gasteiger charge is 2.09. The van der Waals surface area contributed by atoms with E-state index >= 15 is 0 Å². The normalized spacial score (nSPS) is 11.0. The van der Waals surface area contributed by atoms with Gasteiger partial charge in [0.15, 0.2) is 0 Å². The molecule has 0 aliphatic rings. The third kappa shape index (κ3) is 3.96. The largest absolute Gasteiger partial charge is 0.377 e. The molecule has 0 bridgehead atoms. The van der Waals surface area contributed by atoms with E-state index in [1.54, 1.807) is 18.2 Å². The minimum Gasteiger partial charge on any atom is -0.377 e. The summed E-state index contributed by atoms with van der Waals surface area (Å²) in [6.07, 6.45) is 1.71. The fourth-order valence-electron chi connectivity index (χ4n) is 2.11. The number of anilines is 1. The highest BCUT2D eigenvalue weighted by molar-refractivity contribution is 9.10. The first-order valence-electron chi connectivity index (χ1n) is 6.76. The van der Waals surface area contributed by atoms with Crippen LogP contribution in [0.3, 0.4) is 0 Å². The van der Waals surface area contributed by atoms with Crippen molar-refractivity contribution in [2.24, 2.45) is 0 Å². The Morgan fingerprint density at radius 1 is 1.30 bits per heavy atom. The van der Waals surface area contributed by atoms with Crippen LogP contribution in [0.5, 0.6) is 0 Å². The molecule has 0 heterocycles. The van der Waals surface area contributed by atoms with Crippen LogP contribution in [-0.4, -0.2) is 19.0 Å². The Kier molecular flexibility index (Phi) is 5.14. The van der Waals surface area contributed by atoms with Crippen LogP contribution in [0.15, 0.2) is 46.9 Å². The molecule has 0 spiro atoms. The van der Waals surface area contributed by atoms with Crippen molar-refractivity contribution in [2.75, 3.05) is 19.0 Å². The monoisotopic (exact) mass is 371 g/mol. The van der Waals surface area contributed by atoms with Crippen LogP contribution >= 0.6 is 15.9 Å². The van der Waals surface area contributed by atoms with Crippen molar-refractivity contribution < 1.29 is 4.92 Å². The molecule has 2 aromatic rings. The van der Waals surface area contributed by atoms with Crippen molar-refractivity contribution in [2.45, 2.75) is 0 Å². The second kappa shape index (κ2) is 7.07. The van der Waals surface area contributed by atoms with Gasteiger partial charge in [-0.25, -0.2) is 0 Å². The van der Waals surface area contributed by atoms with Gasteiger partial charge in [0.25, 0.3) is 5.69 Å². The number of hydrogen-bond acceptors (Lipinski definition) is 4. The summed E-state index contributed by atoms with van der Waals surface area (Å²) in [5, 5.41) is 20.2. The zero-order valence-electron chi connectivity index (χ0n) is 12.7. The van der Waals surface area contributed by atoms with Crippen LogP contribution in [0.25, 0.3) is 11.6 Å². The van der Waals surface area contributed by atoms with Crippen molar-refractivity contribution in [1.29, 1.82) is 5.26 Å². The number of nitro benzene ring substituents is 1. The molecule has 0 atom stereocenters. The SMILES string of the molecule is CN(C)c1ccc(C=C(C#N)c2cccc([N+](=O)[O-])c2)cc1Br. The maximum Gasteiger partial charge on any atom is 0.270 e. The Bertz CT molecular complexity index is 823. The second-order valence-corrected chi connectivity index (χ2v) is 5.94. The van der Waals surface area contributed by atoms with Gasteiger partial charge in [-0.05, 0) is 45.3 Å². The molecule has 0 N–H and O–H groups in total. The van der Waals surface area contributed by atoms with E-state index < -0.39 is 4.92 Å².